The van der Waals surface area contributed by atoms with E-state index in [1.807, 2.05) is 0 Å². The summed E-state index contributed by atoms with van der Waals surface area (Å²) < 4.78 is 6.14. The zero-order valence-electron chi connectivity index (χ0n) is 7.87. The van der Waals surface area contributed by atoms with Gasteiger partial charge in [0.15, 0.2) is 0 Å². The molecule has 1 aromatic rings. The molecule has 4 nitrogen and oxygen atoms in total. The van der Waals surface area contributed by atoms with Crippen LogP contribution in [0.3, 0.4) is 0 Å². The molecule has 0 bridgehead atoms. The lowest BCUT2D eigenvalue weighted by atomic mass is 9.86. The van der Waals surface area contributed by atoms with Crippen molar-refractivity contribution < 1.29 is 14.6 Å². The summed E-state index contributed by atoms with van der Waals surface area (Å²) in [5.41, 5.74) is 5.07. The highest BCUT2D eigenvalue weighted by Crippen LogP contribution is 2.39. The summed E-state index contributed by atoms with van der Waals surface area (Å²) in [4.78, 5) is 11.2. The molecule has 1 aromatic carbocycles. The third-order valence-corrected chi connectivity index (χ3v) is 3.20. The van der Waals surface area contributed by atoms with Crippen LogP contribution in [-0.2, 0) is 10.3 Å². The number of ether oxygens (including phenoxy) is 1. The van der Waals surface area contributed by atoms with Gasteiger partial charge in [0.1, 0.15) is 11.3 Å². The molecule has 0 fully saturated rings. The van der Waals surface area contributed by atoms with Gasteiger partial charge in [-0.1, -0.05) is 12.1 Å². The van der Waals surface area contributed by atoms with E-state index in [0.29, 0.717) is 17.9 Å². The Labute approximate surface area is 95.2 Å². The Morgan fingerprint density at radius 2 is 2.33 bits per heavy atom. The molecular weight excluding hydrogens is 262 g/mol. The summed E-state index contributed by atoms with van der Waals surface area (Å²) >= 11 is 3.31. The number of hydrogen-bond donors (Lipinski definition) is 2. The molecule has 3 N–H and O–H groups in total. The minimum Gasteiger partial charge on any atom is -0.492 e. The van der Waals surface area contributed by atoms with Crippen LogP contribution in [0.4, 0.5) is 0 Å². The van der Waals surface area contributed by atoms with E-state index in [9.17, 15) is 4.79 Å². The molecule has 5 heteroatoms. The number of halogens is 1. The molecule has 0 radical (unpaired) electrons. The van der Waals surface area contributed by atoms with Gasteiger partial charge in [-0.05, 0) is 22.0 Å². The number of para-hydroxylation sites is 1. The Bertz CT molecular complexity index is 421. The van der Waals surface area contributed by atoms with Gasteiger partial charge in [-0.2, -0.15) is 0 Å². The van der Waals surface area contributed by atoms with Gasteiger partial charge in [0, 0.05) is 12.0 Å². The van der Waals surface area contributed by atoms with E-state index < -0.39 is 11.5 Å². The smallest absolute Gasteiger partial charge is 0.328 e. The predicted molar refractivity (Wildman–Crippen MR) is 57.8 cm³/mol. The molecule has 15 heavy (non-hydrogen) atoms. The zero-order chi connectivity index (χ0) is 11.1. The minimum atomic E-state index is -1.34. The number of nitrogens with two attached hydrogens (primary N) is 1. The first-order valence-electron chi connectivity index (χ1n) is 4.50. The van der Waals surface area contributed by atoms with E-state index >= 15 is 0 Å². The molecule has 0 amide bonds. The summed E-state index contributed by atoms with van der Waals surface area (Å²) in [6, 6.07) is 5.24. The molecule has 80 valence electrons. The number of carboxylic acids is 1. The van der Waals surface area contributed by atoms with Crippen LogP contribution < -0.4 is 10.5 Å². The first kappa shape index (κ1) is 10.4. The standard InChI is InChI=1S/C10H10BrNO3/c11-7-3-1-2-6-8(7)15-5-4-10(6,12)9(13)14/h1-3H,4-5,12H2,(H,13,14). The third kappa shape index (κ3) is 1.52. The predicted octanol–water partition coefficient (Wildman–Crippen LogP) is 1.47. The van der Waals surface area contributed by atoms with Crippen LogP contribution >= 0.6 is 15.9 Å². The van der Waals surface area contributed by atoms with Crippen molar-refractivity contribution in [3.63, 3.8) is 0 Å². The lowest BCUT2D eigenvalue weighted by molar-refractivity contribution is -0.144. The normalized spacial score (nSPS) is 24.1. The molecule has 1 heterocycles. The van der Waals surface area contributed by atoms with E-state index in [1.54, 1.807) is 18.2 Å². The second kappa shape index (κ2) is 3.50. The first-order chi connectivity index (χ1) is 7.05. The second-order valence-corrected chi connectivity index (χ2v) is 4.35. The van der Waals surface area contributed by atoms with Gasteiger partial charge in [-0.15, -0.1) is 0 Å². The third-order valence-electron chi connectivity index (χ3n) is 2.57. The molecule has 0 aliphatic carbocycles. The molecule has 1 aliphatic rings. The number of benzene rings is 1. The largest absolute Gasteiger partial charge is 0.492 e. The van der Waals surface area contributed by atoms with Crippen LogP contribution in [0.2, 0.25) is 0 Å². The molecule has 1 aliphatic heterocycles. The fourth-order valence-electron chi connectivity index (χ4n) is 1.68. The van der Waals surface area contributed by atoms with Gasteiger partial charge in [0.05, 0.1) is 11.1 Å². The van der Waals surface area contributed by atoms with Gasteiger partial charge in [0.2, 0.25) is 0 Å². The maximum atomic E-state index is 11.2. The van der Waals surface area contributed by atoms with E-state index in [4.69, 9.17) is 15.6 Å². The van der Waals surface area contributed by atoms with Crippen LogP contribution in [-0.4, -0.2) is 17.7 Å². The van der Waals surface area contributed by atoms with Crippen molar-refractivity contribution in [2.45, 2.75) is 12.0 Å². The average molecular weight is 272 g/mol. The maximum absolute atomic E-state index is 11.2. The summed E-state index contributed by atoms with van der Waals surface area (Å²) in [6.07, 6.45) is 0.284. The molecule has 0 saturated carbocycles. The number of fused-ring (bicyclic) bond motifs is 1. The monoisotopic (exact) mass is 271 g/mol. The van der Waals surface area contributed by atoms with Crippen molar-refractivity contribution in [2.24, 2.45) is 5.73 Å². The van der Waals surface area contributed by atoms with Crippen LogP contribution in [0.1, 0.15) is 12.0 Å². The van der Waals surface area contributed by atoms with Gasteiger partial charge >= 0.3 is 5.97 Å². The number of rotatable bonds is 1. The van der Waals surface area contributed by atoms with Gasteiger partial charge in [-0.3, -0.25) is 0 Å². The molecular formula is C10H10BrNO3. The van der Waals surface area contributed by atoms with E-state index in [-0.39, 0.29) is 6.42 Å². The highest BCUT2D eigenvalue weighted by molar-refractivity contribution is 9.10. The SMILES string of the molecule is NC1(C(=O)O)CCOc2c(Br)cccc21. The summed E-state index contributed by atoms with van der Waals surface area (Å²) in [5.74, 6) is -0.487. The molecule has 1 unspecified atom stereocenters. The Hall–Kier alpha value is -1.07. The number of aliphatic carboxylic acids is 1. The van der Waals surface area contributed by atoms with Crippen LogP contribution in [0.5, 0.6) is 5.75 Å². The van der Waals surface area contributed by atoms with Crippen LogP contribution in [0, 0.1) is 0 Å². The number of carboxylic acid groups (broad SMARTS) is 1. The number of hydrogen-bond acceptors (Lipinski definition) is 3. The van der Waals surface area contributed by atoms with E-state index in [2.05, 4.69) is 15.9 Å². The van der Waals surface area contributed by atoms with Gasteiger partial charge in [-0.25, -0.2) is 4.79 Å². The van der Waals surface area contributed by atoms with Gasteiger partial charge < -0.3 is 15.6 Å². The van der Waals surface area contributed by atoms with Crippen molar-refractivity contribution >= 4 is 21.9 Å². The van der Waals surface area contributed by atoms with E-state index in [0.717, 1.165) is 4.47 Å². The maximum Gasteiger partial charge on any atom is 0.328 e. The zero-order valence-corrected chi connectivity index (χ0v) is 9.45. The highest BCUT2D eigenvalue weighted by Gasteiger charge is 2.41. The Morgan fingerprint density at radius 3 is 3.00 bits per heavy atom. The van der Waals surface area contributed by atoms with E-state index in [1.165, 1.54) is 0 Å². The van der Waals surface area contributed by atoms with Crippen molar-refractivity contribution in [3.8, 4) is 5.75 Å². The lowest BCUT2D eigenvalue weighted by Gasteiger charge is -2.32. The minimum absolute atomic E-state index is 0.284. The fourth-order valence-corrected chi connectivity index (χ4v) is 2.16. The molecule has 0 aromatic heterocycles. The van der Waals surface area contributed by atoms with Crippen LogP contribution in [0.25, 0.3) is 0 Å². The molecule has 0 saturated heterocycles. The molecule has 0 spiro atoms. The summed E-state index contributed by atoms with van der Waals surface area (Å²) in [5, 5.41) is 9.14. The molecule has 1 atom stereocenters. The second-order valence-electron chi connectivity index (χ2n) is 3.49. The van der Waals surface area contributed by atoms with Crippen molar-refractivity contribution in [1.29, 1.82) is 0 Å². The molecule has 2 rings (SSSR count). The topological polar surface area (TPSA) is 72.6 Å². The van der Waals surface area contributed by atoms with Crippen molar-refractivity contribution in [2.75, 3.05) is 6.61 Å². The summed E-state index contributed by atoms with van der Waals surface area (Å²) in [7, 11) is 0. The highest BCUT2D eigenvalue weighted by atomic mass is 79.9. The number of carbonyl (C=O) groups is 1. The van der Waals surface area contributed by atoms with Crippen molar-refractivity contribution in [1.82, 2.24) is 0 Å². The Kier molecular flexibility index (Phi) is 2.44. The Morgan fingerprint density at radius 1 is 1.60 bits per heavy atom. The van der Waals surface area contributed by atoms with Crippen molar-refractivity contribution in [3.05, 3.63) is 28.2 Å². The lowest BCUT2D eigenvalue weighted by Crippen LogP contribution is -2.48. The quantitative estimate of drug-likeness (QED) is 0.812. The average Bonchev–Trinajstić information content (AvgIpc) is 2.20. The first-order valence-corrected chi connectivity index (χ1v) is 5.29. The fraction of sp³-hybridized carbons (Fsp3) is 0.300. The summed E-state index contributed by atoms with van der Waals surface area (Å²) in [6.45, 7) is 0.318. The Balaban J connectivity index is 2.61. The van der Waals surface area contributed by atoms with Crippen LogP contribution in [0.15, 0.2) is 22.7 Å². The van der Waals surface area contributed by atoms with Gasteiger partial charge in [0.25, 0.3) is 0 Å².